The van der Waals surface area contributed by atoms with E-state index in [0.29, 0.717) is 12.2 Å². The largest absolute Gasteiger partial charge is 0.508 e. The molecule has 0 spiro atoms. The van der Waals surface area contributed by atoms with Gasteiger partial charge in [0.15, 0.2) is 5.69 Å². The first-order valence-corrected chi connectivity index (χ1v) is 6.85. The molecule has 5 heteroatoms. The summed E-state index contributed by atoms with van der Waals surface area (Å²) in [6.45, 7) is 4.33. The second-order valence-corrected chi connectivity index (χ2v) is 4.80. The number of carbonyl (C=O) groups is 1. The number of nitrogens with two attached hydrogens (primary N) is 1. The van der Waals surface area contributed by atoms with Crippen LogP contribution >= 0.6 is 0 Å². The van der Waals surface area contributed by atoms with Crippen molar-refractivity contribution in [1.29, 1.82) is 0 Å². The monoisotopic (exact) mass is 285 g/mol. The zero-order valence-electron chi connectivity index (χ0n) is 12.2. The molecule has 0 saturated carbocycles. The molecule has 0 aliphatic carbocycles. The Bertz CT molecular complexity index is 643. The van der Waals surface area contributed by atoms with Crippen LogP contribution in [0.1, 0.15) is 35.9 Å². The lowest BCUT2D eigenvalue weighted by Gasteiger charge is -2.28. The summed E-state index contributed by atoms with van der Waals surface area (Å²) in [5, 5.41) is 9.58. The van der Waals surface area contributed by atoms with Crippen molar-refractivity contribution in [3.05, 3.63) is 53.9 Å². The molecule has 1 atom stereocenters. The third-order valence-electron chi connectivity index (χ3n) is 3.46. The maximum absolute atomic E-state index is 12.6. The van der Waals surface area contributed by atoms with Crippen LogP contribution in [0.25, 0.3) is 0 Å². The van der Waals surface area contributed by atoms with Crippen molar-refractivity contribution in [1.82, 2.24) is 9.88 Å². The molecular weight excluding hydrogens is 266 g/mol. The highest BCUT2D eigenvalue weighted by molar-refractivity contribution is 5.97. The molecule has 2 rings (SSSR count). The van der Waals surface area contributed by atoms with E-state index in [1.165, 1.54) is 0 Å². The van der Waals surface area contributed by atoms with Crippen molar-refractivity contribution in [2.45, 2.75) is 19.9 Å². The predicted molar refractivity (Wildman–Crippen MR) is 81.9 cm³/mol. The summed E-state index contributed by atoms with van der Waals surface area (Å²) >= 11 is 0. The fraction of sp³-hybridized carbons (Fsp3) is 0.250. The predicted octanol–water partition coefficient (Wildman–Crippen LogP) is 2.59. The minimum atomic E-state index is -0.216. The van der Waals surface area contributed by atoms with Gasteiger partial charge in [0.25, 0.3) is 5.91 Å². The van der Waals surface area contributed by atoms with E-state index < -0.39 is 0 Å². The second kappa shape index (κ2) is 6.26. The van der Waals surface area contributed by atoms with Crippen LogP contribution in [0.4, 0.5) is 5.69 Å². The molecule has 1 aromatic heterocycles. The Labute approximate surface area is 124 Å². The van der Waals surface area contributed by atoms with Gasteiger partial charge in [-0.3, -0.25) is 4.79 Å². The Morgan fingerprint density at radius 3 is 2.76 bits per heavy atom. The van der Waals surface area contributed by atoms with Crippen LogP contribution in [-0.2, 0) is 0 Å². The highest BCUT2D eigenvalue weighted by Gasteiger charge is 2.23. The van der Waals surface area contributed by atoms with Gasteiger partial charge in [-0.1, -0.05) is 12.1 Å². The quantitative estimate of drug-likeness (QED) is 0.905. The number of nitrogens with zero attached hydrogens (tertiary/aromatic N) is 2. The lowest BCUT2D eigenvalue weighted by molar-refractivity contribution is 0.0697. The van der Waals surface area contributed by atoms with E-state index in [1.54, 1.807) is 41.4 Å². The van der Waals surface area contributed by atoms with Crippen LogP contribution in [0.5, 0.6) is 5.75 Å². The zero-order chi connectivity index (χ0) is 15.4. The maximum Gasteiger partial charge on any atom is 0.275 e. The van der Waals surface area contributed by atoms with Crippen LogP contribution in [-0.4, -0.2) is 27.4 Å². The topological polar surface area (TPSA) is 79.5 Å². The van der Waals surface area contributed by atoms with Crippen LogP contribution in [0.15, 0.2) is 42.6 Å². The van der Waals surface area contributed by atoms with Crippen molar-refractivity contribution in [2.75, 3.05) is 12.3 Å². The van der Waals surface area contributed by atoms with Crippen LogP contribution < -0.4 is 5.73 Å². The average molecular weight is 285 g/mol. The number of phenolic OH excluding ortho intramolecular Hbond substituents is 1. The SMILES string of the molecule is CCN(C(=O)c1ncccc1N)C(C)c1cccc(O)c1. The first-order valence-electron chi connectivity index (χ1n) is 6.85. The third kappa shape index (κ3) is 3.13. The summed E-state index contributed by atoms with van der Waals surface area (Å²) in [6.07, 6.45) is 1.55. The van der Waals surface area contributed by atoms with Crippen molar-refractivity contribution in [3.63, 3.8) is 0 Å². The third-order valence-corrected chi connectivity index (χ3v) is 3.46. The molecule has 1 aromatic carbocycles. The molecule has 5 nitrogen and oxygen atoms in total. The first-order chi connectivity index (χ1) is 10.0. The van der Waals surface area contributed by atoms with Gasteiger partial charge in [0.05, 0.1) is 11.7 Å². The number of amides is 1. The number of hydrogen-bond donors (Lipinski definition) is 2. The fourth-order valence-corrected chi connectivity index (χ4v) is 2.29. The zero-order valence-corrected chi connectivity index (χ0v) is 12.2. The summed E-state index contributed by atoms with van der Waals surface area (Å²) < 4.78 is 0. The number of hydrogen-bond acceptors (Lipinski definition) is 4. The number of aromatic nitrogens is 1. The van der Waals surface area contributed by atoms with Crippen molar-refractivity contribution < 1.29 is 9.90 Å². The number of rotatable bonds is 4. The molecule has 1 unspecified atom stereocenters. The molecule has 110 valence electrons. The maximum atomic E-state index is 12.6. The number of benzene rings is 1. The molecule has 0 fully saturated rings. The number of pyridine rings is 1. The summed E-state index contributed by atoms with van der Waals surface area (Å²) in [7, 11) is 0. The number of anilines is 1. The molecule has 3 N–H and O–H groups in total. The Morgan fingerprint density at radius 2 is 2.14 bits per heavy atom. The van der Waals surface area contributed by atoms with Crippen LogP contribution in [0, 0.1) is 0 Å². The van der Waals surface area contributed by atoms with Gasteiger partial charge in [0, 0.05) is 12.7 Å². The first kappa shape index (κ1) is 14.8. The molecule has 1 amide bonds. The standard InChI is InChI=1S/C16H19N3O2/c1-3-19(11(2)12-6-4-7-13(20)10-12)16(21)15-14(17)8-5-9-18-15/h4-11,20H,3,17H2,1-2H3. The van der Waals surface area contributed by atoms with Gasteiger partial charge in [0.2, 0.25) is 0 Å². The van der Waals surface area contributed by atoms with Gasteiger partial charge in [-0.2, -0.15) is 0 Å². The van der Waals surface area contributed by atoms with Gasteiger partial charge >= 0.3 is 0 Å². The molecule has 0 aliphatic heterocycles. The fourth-order valence-electron chi connectivity index (χ4n) is 2.29. The Kier molecular flexibility index (Phi) is 4.42. The number of phenols is 1. The van der Waals surface area contributed by atoms with Crippen molar-refractivity contribution in [2.24, 2.45) is 0 Å². The van der Waals surface area contributed by atoms with Crippen LogP contribution in [0.3, 0.4) is 0 Å². The van der Waals surface area contributed by atoms with Gasteiger partial charge in [-0.05, 0) is 43.7 Å². The lowest BCUT2D eigenvalue weighted by Crippen LogP contribution is -2.34. The second-order valence-electron chi connectivity index (χ2n) is 4.80. The van der Waals surface area contributed by atoms with Gasteiger partial charge < -0.3 is 15.7 Å². The summed E-state index contributed by atoms with van der Waals surface area (Å²) in [6, 6.07) is 10.1. The Hall–Kier alpha value is -2.56. The van der Waals surface area contributed by atoms with Crippen molar-refractivity contribution in [3.8, 4) is 5.75 Å². The van der Waals surface area contributed by atoms with E-state index >= 15 is 0 Å². The van der Waals surface area contributed by atoms with Gasteiger partial charge in [-0.25, -0.2) is 4.98 Å². The van der Waals surface area contributed by atoms with Gasteiger partial charge in [0.1, 0.15) is 5.75 Å². The highest BCUT2D eigenvalue weighted by atomic mass is 16.3. The molecule has 0 bridgehead atoms. The molecule has 21 heavy (non-hydrogen) atoms. The van der Waals surface area contributed by atoms with E-state index in [9.17, 15) is 9.90 Å². The van der Waals surface area contributed by atoms with E-state index in [0.717, 1.165) is 5.56 Å². The van der Waals surface area contributed by atoms with Gasteiger partial charge in [-0.15, -0.1) is 0 Å². The molecule has 0 aliphatic rings. The molecule has 2 aromatic rings. The summed E-state index contributed by atoms with van der Waals surface area (Å²) in [4.78, 5) is 18.4. The van der Waals surface area contributed by atoms with E-state index in [1.807, 2.05) is 19.9 Å². The average Bonchev–Trinajstić information content (AvgIpc) is 2.48. The molecular formula is C16H19N3O2. The Balaban J connectivity index is 2.31. The minimum Gasteiger partial charge on any atom is -0.508 e. The highest BCUT2D eigenvalue weighted by Crippen LogP contribution is 2.25. The number of carbonyl (C=O) groups excluding carboxylic acids is 1. The van der Waals surface area contributed by atoms with E-state index in [-0.39, 0.29) is 23.4 Å². The Morgan fingerprint density at radius 1 is 1.38 bits per heavy atom. The summed E-state index contributed by atoms with van der Waals surface area (Å²) in [5.74, 6) is -0.0355. The molecule has 1 heterocycles. The lowest BCUT2D eigenvalue weighted by atomic mass is 10.1. The smallest absolute Gasteiger partial charge is 0.275 e. The van der Waals surface area contributed by atoms with Crippen molar-refractivity contribution >= 4 is 11.6 Å². The number of nitrogen functional groups attached to an aromatic ring is 1. The summed E-state index contributed by atoms with van der Waals surface area (Å²) in [5.41, 5.74) is 7.31. The molecule has 0 radical (unpaired) electrons. The normalized spacial score (nSPS) is 11.9. The van der Waals surface area contributed by atoms with Crippen LogP contribution in [0.2, 0.25) is 0 Å². The van der Waals surface area contributed by atoms with E-state index in [2.05, 4.69) is 4.98 Å². The van der Waals surface area contributed by atoms with E-state index in [4.69, 9.17) is 5.73 Å². The number of aromatic hydroxyl groups is 1. The minimum absolute atomic E-state index is 0.181. The molecule has 0 saturated heterocycles.